The summed E-state index contributed by atoms with van der Waals surface area (Å²) in [7, 11) is 1.54. The molecule has 2 aliphatic rings. The predicted molar refractivity (Wildman–Crippen MR) is 97.7 cm³/mol. The van der Waals surface area contributed by atoms with E-state index < -0.39 is 24.3 Å². The van der Waals surface area contributed by atoms with Crippen molar-refractivity contribution in [2.75, 3.05) is 39.3 Å². The van der Waals surface area contributed by atoms with Gasteiger partial charge < -0.3 is 19.6 Å². The van der Waals surface area contributed by atoms with Crippen molar-refractivity contribution >= 4 is 11.9 Å². The van der Waals surface area contributed by atoms with E-state index in [0.29, 0.717) is 25.6 Å². The molecule has 1 amide bonds. The highest BCUT2D eigenvalue weighted by molar-refractivity contribution is 5.95. The number of likely N-dealkylation sites (N-methyl/N-ethyl adjacent to an activating group) is 1. The van der Waals surface area contributed by atoms with Crippen molar-refractivity contribution in [1.82, 2.24) is 19.6 Å². The molecule has 31 heavy (non-hydrogen) atoms. The maximum absolute atomic E-state index is 13.1. The molecule has 2 saturated heterocycles. The number of hydrogen-bond donors (Lipinski definition) is 1. The molecule has 2 fully saturated rings. The number of carbonyl (C=O) groups is 2. The summed E-state index contributed by atoms with van der Waals surface area (Å²) >= 11 is 0. The van der Waals surface area contributed by atoms with Crippen LogP contribution in [0.1, 0.15) is 35.8 Å². The minimum Gasteiger partial charge on any atom is -0.475 e. The second kappa shape index (κ2) is 10.4. The highest BCUT2D eigenvalue weighted by Gasteiger charge is 2.38. The minimum absolute atomic E-state index is 0.00485. The Morgan fingerprint density at radius 1 is 1.29 bits per heavy atom. The van der Waals surface area contributed by atoms with Gasteiger partial charge in [0.25, 0.3) is 12.3 Å². The molecule has 0 bridgehead atoms. The molecule has 0 radical (unpaired) electrons. The number of rotatable bonds is 3. The van der Waals surface area contributed by atoms with Gasteiger partial charge in [0.05, 0.1) is 18.3 Å². The highest BCUT2D eigenvalue weighted by atomic mass is 19.4. The number of ether oxygens (including phenoxy) is 1. The van der Waals surface area contributed by atoms with Crippen molar-refractivity contribution in [3.8, 4) is 0 Å². The Morgan fingerprint density at radius 2 is 1.94 bits per heavy atom. The van der Waals surface area contributed by atoms with Gasteiger partial charge in [0.1, 0.15) is 5.69 Å². The number of carboxylic acids is 1. The number of carbonyl (C=O) groups excluding carboxylic acids is 1. The number of alkyl halides is 5. The minimum atomic E-state index is -5.08. The number of aryl methyl sites for hydroxylation is 1. The molecule has 13 heteroatoms. The van der Waals surface area contributed by atoms with E-state index in [1.165, 1.54) is 10.9 Å². The molecule has 3 rings (SSSR count). The summed E-state index contributed by atoms with van der Waals surface area (Å²) in [6.45, 7) is 6.66. The number of fused-ring (bicyclic) bond motifs is 1. The fourth-order valence-corrected chi connectivity index (χ4v) is 3.59. The number of hydrogen-bond acceptors (Lipinski definition) is 5. The summed E-state index contributed by atoms with van der Waals surface area (Å²) in [6.07, 6.45) is -5.65. The Morgan fingerprint density at radius 3 is 2.48 bits per heavy atom. The van der Waals surface area contributed by atoms with E-state index >= 15 is 0 Å². The van der Waals surface area contributed by atoms with Gasteiger partial charge in [0.15, 0.2) is 0 Å². The van der Waals surface area contributed by atoms with Crippen LogP contribution in [0, 0.1) is 5.92 Å². The Labute approximate surface area is 175 Å². The van der Waals surface area contributed by atoms with Gasteiger partial charge >= 0.3 is 12.1 Å². The molecule has 0 saturated carbocycles. The molecule has 8 nitrogen and oxygen atoms in total. The van der Waals surface area contributed by atoms with E-state index in [0.717, 1.165) is 26.1 Å². The summed E-state index contributed by atoms with van der Waals surface area (Å²) in [6, 6.07) is 0. The fraction of sp³-hybridized carbons (Fsp3) is 0.722. The molecule has 0 spiro atoms. The number of carboxylic acid groups (broad SMARTS) is 1. The van der Waals surface area contributed by atoms with Crippen LogP contribution in [0.4, 0.5) is 22.0 Å². The molecule has 0 aliphatic carbocycles. The second-order valence-corrected chi connectivity index (χ2v) is 7.31. The van der Waals surface area contributed by atoms with E-state index in [-0.39, 0.29) is 17.6 Å². The molecule has 1 aromatic heterocycles. The summed E-state index contributed by atoms with van der Waals surface area (Å²) in [4.78, 5) is 25.6. The Hall–Kier alpha value is -2.28. The van der Waals surface area contributed by atoms with Crippen molar-refractivity contribution in [3.63, 3.8) is 0 Å². The molecular formula is C18H25F5N4O4. The molecular weight excluding hydrogens is 431 g/mol. The van der Waals surface area contributed by atoms with Crippen LogP contribution >= 0.6 is 0 Å². The van der Waals surface area contributed by atoms with E-state index in [4.69, 9.17) is 14.6 Å². The Kier molecular flexibility index (Phi) is 8.34. The molecule has 1 N–H and O–H groups in total. The smallest absolute Gasteiger partial charge is 0.475 e. The van der Waals surface area contributed by atoms with E-state index in [1.54, 1.807) is 11.9 Å². The molecule has 0 aromatic carbocycles. The maximum atomic E-state index is 13.1. The first-order chi connectivity index (χ1) is 14.4. The first kappa shape index (κ1) is 25.0. The number of likely N-dealkylation sites (tertiary alicyclic amines) is 1. The first-order valence-corrected chi connectivity index (χ1v) is 9.69. The lowest BCUT2D eigenvalue weighted by atomic mass is 9.93. The SMILES string of the molecule is CCN1CCO[C@@H]2CN(C(=O)c3cn(C)nc3C(F)F)CC[C@@H]2C1.O=C(O)C(F)(F)F. The Balaban J connectivity index is 0.000000423. The topological polar surface area (TPSA) is 87.9 Å². The predicted octanol–water partition coefficient (Wildman–Crippen LogP) is 2.17. The molecule has 176 valence electrons. The zero-order valence-corrected chi connectivity index (χ0v) is 17.1. The number of aromatic nitrogens is 2. The average Bonchev–Trinajstić information content (AvgIpc) is 2.97. The largest absolute Gasteiger partial charge is 0.490 e. The van der Waals surface area contributed by atoms with Crippen LogP contribution in [0.3, 0.4) is 0 Å². The average molecular weight is 456 g/mol. The summed E-state index contributed by atoms with van der Waals surface area (Å²) in [5.74, 6) is -2.75. The molecule has 2 aliphatic heterocycles. The van der Waals surface area contributed by atoms with E-state index in [2.05, 4.69) is 16.9 Å². The van der Waals surface area contributed by atoms with E-state index in [1.807, 2.05) is 0 Å². The number of piperidine rings is 1. The number of amides is 1. The van der Waals surface area contributed by atoms with Crippen molar-refractivity contribution in [3.05, 3.63) is 17.5 Å². The third kappa shape index (κ3) is 6.60. The van der Waals surface area contributed by atoms with Gasteiger partial charge in [-0.05, 0) is 13.0 Å². The lowest BCUT2D eigenvalue weighted by molar-refractivity contribution is -0.192. The quantitative estimate of drug-likeness (QED) is 0.702. The van der Waals surface area contributed by atoms with Gasteiger partial charge in [-0.15, -0.1) is 0 Å². The molecule has 3 heterocycles. The van der Waals surface area contributed by atoms with Gasteiger partial charge in [-0.1, -0.05) is 6.92 Å². The fourth-order valence-electron chi connectivity index (χ4n) is 3.59. The molecule has 1 aromatic rings. The monoisotopic (exact) mass is 456 g/mol. The van der Waals surface area contributed by atoms with Crippen molar-refractivity contribution in [2.45, 2.75) is 32.1 Å². The molecule has 0 unspecified atom stereocenters. The van der Waals surface area contributed by atoms with Crippen LogP contribution < -0.4 is 0 Å². The lowest BCUT2D eigenvalue weighted by Crippen LogP contribution is -2.49. The van der Waals surface area contributed by atoms with Gasteiger partial charge in [-0.25, -0.2) is 13.6 Å². The standard InChI is InChI=1S/C16H24F2N4O2.C2HF3O2/c1-3-21-6-7-24-13-10-22(5-4-11(13)8-21)16(23)12-9-20(2)19-14(12)15(17)18;3-2(4,5)1(6)7/h9,11,13,15H,3-8,10H2,1-2H3;(H,6,7)/t11-,13-;/m1./s1. The zero-order chi connectivity index (χ0) is 23.3. The normalized spacial score (nSPS) is 22.4. The van der Waals surface area contributed by atoms with Crippen LogP contribution in [0.5, 0.6) is 0 Å². The first-order valence-electron chi connectivity index (χ1n) is 9.69. The van der Waals surface area contributed by atoms with Gasteiger partial charge in [-0.3, -0.25) is 9.48 Å². The Bertz CT molecular complexity index is 771. The number of halogens is 5. The summed E-state index contributed by atoms with van der Waals surface area (Å²) in [5, 5.41) is 10.8. The zero-order valence-electron chi connectivity index (χ0n) is 17.1. The van der Waals surface area contributed by atoms with E-state index in [9.17, 15) is 26.7 Å². The van der Waals surface area contributed by atoms with Crippen LogP contribution in [0.15, 0.2) is 6.20 Å². The third-order valence-corrected chi connectivity index (χ3v) is 5.20. The summed E-state index contributed by atoms with van der Waals surface area (Å²) < 4.78 is 65.1. The van der Waals surface area contributed by atoms with Crippen molar-refractivity contribution < 1.29 is 41.4 Å². The van der Waals surface area contributed by atoms with Gasteiger partial charge in [-0.2, -0.15) is 18.3 Å². The van der Waals surface area contributed by atoms with Gasteiger partial charge in [0.2, 0.25) is 0 Å². The van der Waals surface area contributed by atoms with Crippen LogP contribution in [0.2, 0.25) is 0 Å². The van der Waals surface area contributed by atoms with Gasteiger partial charge in [0, 0.05) is 45.3 Å². The lowest BCUT2D eigenvalue weighted by Gasteiger charge is -2.38. The van der Waals surface area contributed by atoms with Crippen LogP contribution in [-0.4, -0.2) is 88.2 Å². The summed E-state index contributed by atoms with van der Waals surface area (Å²) in [5.41, 5.74) is -0.446. The third-order valence-electron chi connectivity index (χ3n) is 5.20. The second-order valence-electron chi connectivity index (χ2n) is 7.31. The number of nitrogens with zero attached hydrogens (tertiary/aromatic N) is 4. The molecule has 2 atom stereocenters. The van der Waals surface area contributed by atoms with Crippen molar-refractivity contribution in [1.29, 1.82) is 0 Å². The van der Waals surface area contributed by atoms with Crippen molar-refractivity contribution in [2.24, 2.45) is 13.0 Å². The highest BCUT2D eigenvalue weighted by Crippen LogP contribution is 2.27. The maximum Gasteiger partial charge on any atom is 0.490 e. The van der Waals surface area contributed by atoms with Crippen LogP contribution in [0.25, 0.3) is 0 Å². The van der Waals surface area contributed by atoms with Crippen LogP contribution in [-0.2, 0) is 16.6 Å². The number of aliphatic carboxylic acids is 1.